The highest BCUT2D eigenvalue weighted by Gasteiger charge is 2.10. The van der Waals surface area contributed by atoms with E-state index in [0.29, 0.717) is 0 Å². The fourth-order valence-corrected chi connectivity index (χ4v) is 0.887. The molecule has 5 nitrogen and oxygen atoms in total. The standard InChI is InChI=1S/C9H8O4.C3H6O/c1-6(10)13-8-5-3-2-4-7(8)9(11)12;1-3(2)4/h2-5H,1H3,(H,11,12);4H,1H2,2H3/p-1. The molecule has 0 amide bonds. The zero-order valence-electron chi connectivity index (χ0n) is 9.60. The van der Waals surface area contributed by atoms with Crippen LogP contribution >= 0.6 is 0 Å². The molecule has 0 saturated heterocycles. The van der Waals surface area contributed by atoms with Gasteiger partial charge in [0.15, 0.2) is 0 Å². The van der Waals surface area contributed by atoms with Crippen LogP contribution in [0.3, 0.4) is 0 Å². The molecule has 0 aliphatic heterocycles. The maximum absolute atomic E-state index is 10.6. The molecule has 0 fully saturated rings. The number of esters is 1. The van der Waals surface area contributed by atoms with Crippen molar-refractivity contribution in [3.63, 3.8) is 0 Å². The van der Waals surface area contributed by atoms with Crippen molar-refractivity contribution in [2.45, 2.75) is 13.8 Å². The Morgan fingerprint density at radius 1 is 1.29 bits per heavy atom. The Labute approximate surface area is 99.0 Å². The monoisotopic (exact) mass is 237 g/mol. The number of carbonyl (C=O) groups is 2. The van der Waals surface area contributed by atoms with E-state index in [0.717, 1.165) is 0 Å². The summed E-state index contributed by atoms with van der Waals surface area (Å²) in [4.78, 5) is 21.2. The van der Waals surface area contributed by atoms with Gasteiger partial charge in [-0.3, -0.25) is 4.79 Å². The van der Waals surface area contributed by atoms with Gasteiger partial charge < -0.3 is 14.9 Å². The van der Waals surface area contributed by atoms with Crippen molar-refractivity contribution in [2.24, 2.45) is 0 Å². The van der Waals surface area contributed by atoms with Crippen LogP contribution in [0.25, 0.3) is 0 Å². The normalized spacial score (nSPS) is 8.59. The topological polar surface area (TPSA) is 86.7 Å². The summed E-state index contributed by atoms with van der Waals surface area (Å²) < 4.78 is 4.69. The lowest BCUT2D eigenvalue weighted by Gasteiger charge is -2.03. The first-order valence-electron chi connectivity index (χ1n) is 4.68. The summed E-state index contributed by atoms with van der Waals surface area (Å²) in [5, 5.41) is 18.0. The van der Waals surface area contributed by atoms with E-state index in [-0.39, 0.29) is 17.1 Å². The summed E-state index contributed by atoms with van der Waals surface area (Å²) in [5.41, 5.74) is -0.0160. The molecular formula is C12H13O5-. The first-order valence-corrected chi connectivity index (χ1v) is 4.68. The van der Waals surface area contributed by atoms with Crippen molar-refractivity contribution < 1.29 is 24.5 Å². The minimum atomic E-state index is -1.11. The van der Waals surface area contributed by atoms with E-state index in [2.05, 4.69) is 11.3 Å². The lowest BCUT2D eigenvalue weighted by molar-refractivity contribution is -0.300. The zero-order valence-corrected chi connectivity index (χ0v) is 9.60. The Hall–Kier alpha value is -2.30. The molecule has 0 aromatic heterocycles. The van der Waals surface area contributed by atoms with E-state index in [1.165, 1.54) is 26.0 Å². The first-order chi connectivity index (χ1) is 7.84. The number of para-hydroxylation sites is 1. The van der Waals surface area contributed by atoms with Gasteiger partial charge in [-0.25, -0.2) is 4.79 Å². The third-order valence-electron chi connectivity index (χ3n) is 1.37. The molecule has 0 bridgehead atoms. The molecule has 0 atom stereocenters. The van der Waals surface area contributed by atoms with Crippen molar-refractivity contribution in [3.8, 4) is 5.75 Å². The number of carboxylic acids is 1. The van der Waals surface area contributed by atoms with Crippen molar-refractivity contribution in [2.75, 3.05) is 0 Å². The summed E-state index contributed by atoms with van der Waals surface area (Å²) in [7, 11) is 0. The molecule has 1 rings (SSSR count). The second kappa shape index (κ2) is 7.05. The summed E-state index contributed by atoms with van der Waals surface area (Å²) in [6.45, 7) is 5.64. The number of ether oxygens (including phenoxy) is 1. The molecule has 0 saturated carbocycles. The molecule has 0 aliphatic rings. The lowest BCUT2D eigenvalue weighted by atomic mass is 10.2. The minimum absolute atomic E-state index is 0.0160. The molecule has 0 aliphatic carbocycles. The molecule has 0 unspecified atom stereocenters. The molecule has 0 spiro atoms. The fourth-order valence-electron chi connectivity index (χ4n) is 0.887. The average Bonchev–Trinajstić information content (AvgIpc) is 2.16. The highest BCUT2D eigenvalue weighted by atomic mass is 16.5. The second-order valence-corrected chi connectivity index (χ2v) is 3.10. The number of hydrogen-bond acceptors (Lipinski definition) is 4. The average molecular weight is 237 g/mol. The molecule has 92 valence electrons. The molecule has 17 heavy (non-hydrogen) atoms. The Balaban J connectivity index is 0.000000557. The van der Waals surface area contributed by atoms with E-state index in [4.69, 9.17) is 5.11 Å². The fraction of sp³-hybridized carbons (Fsp3) is 0.167. The Morgan fingerprint density at radius 2 is 1.76 bits per heavy atom. The van der Waals surface area contributed by atoms with Crippen LogP contribution in [0.2, 0.25) is 0 Å². The smallest absolute Gasteiger partial charge is 0.339 e. The van der Waals surface area contributed by atoms with Crippen LogP contribution in [0.4, 0.5) is 0 Å². The van der Waals surface area contributed by atoms with Crippen LogP contribution in [-0.4, -0.2) is 17.0 Å². The van der Waals surface area contributed by atoms with Gasteiger partial charge in [-0.1, -0.05) is 19.1 Å². The van der Waals surface area contributed by atoms with E-state index in [1.807, 2.05) is 0 Å². The van der Waals surface area contributed by atoms with Crippen LogP contribution in [0.1, 0.15) is 24.2 Å². The lowest BCUT2D eigenvalue weighted by Crippen LogP contribution is -2.06. The molecule has 1 aromatic rings. The van der Waals surface area contributed by atoms with E-state index in [9.17, 15) is 14.7 Å². The van der Waals surface area contributed by atoms with Crippen LogP contribution in [0.15, 0.2) is 36.6 Å². The third kappa shape index (κ3) is 6.72. The Kier molecular flexibility index (Phi) is 6.10. The second-order valence-electron chi connectivity index (χ2n) is 3.10. The van der Waals surface area contributed by atoms with Crippen LogP contribution in [0, 0.1) is 0 Å². The van der Waals surface area contributed by atoms with E-state index < -0.39 is 11.9 Å². The zero-order chi connectivity index (χ0) is 13.4. The number of allylic oxidation sites excluding steroid dienone is 1. The van der Waals surface area contributed by atoms with Crippen molar-refractivity contribution in [1.29, 1.82) is 0 Å². The molecule has 1 N–H and O–H groups in total. The number of aromatic carboxylic acids is 1. The van der Waals surface area contributed by atoms with Gasteiger partial charge in [0, 0.05) is 6.92 Å². The van der Waals surface area contributed by atoms with Gasteiger partial charge in [0.1, 0.15) is 11.3 Å². The maximum Gasteiger partial charge on any atom is 0.339 e. The third-order valence-corrected chi connectivity index (χ3v) is 1.37. The van der Waals surface area contributed by atoms with Crippen LogP contribution < -0.4 is 9.84 Å². The highest BCUT2D eigenvalue weighted by molar-refractivity contribution is 5.91. The van der Waals surface area contributed by atoms with Gasteiger partial charge in [-0.2, -0.15) is 0 Å². The number of rotatable bonds is 2. The molecule has 0 radical (unpaired) electrons. The minimum Gasteiger partial charge on any atom is -0.876 e. The van der Waals surface area contributed by atoms with Gasteiger partial charge in [0.05, 0.1) is 0 Å². The maximum atomic E-state index is 10.6. The molecule has 1 aromatic carbocycles. The Bertz CT molecular complexity index is 419. The summed E-state index contributed by atoms with van der Waals surface area (Å²) >= 11 is 0. The highest BCUT2D eigenvalue weighted by Crippen LogP contribution is 2.17. The molecular weight excluding hydrogens is 224 g/mol. The Morgan fingerprint density at radius 3 is 2.18 bits per heavy atom. The molecule has 5 heteroatoms. The molecule has 0 heterocycles. The van der Waals surface area contributed by atoms with Crippen LogP contribution in [0.5, 0.6) is 5.75 Å². The van der Waals surface area contributed by atoms with Gasteiger partial charge >= 0.3 is 11.9 Å². The van der Waals surface area contributed by atoms with Crippen molar-refractivity contribution in [3.05, 3.63) is 42.2 Å². The predicted octanol–water partition coefficient (Wildman–Crippen LogP) is 1.19. The first kappa shape index (κ1) is 14.7. The summed E-state index contributed by atoms with van der Waals surface area (Å²) in [5.74, 6) is -1.66. The van der Waals surface area contributed by atoms with Crippen LogP contribution in [-0.2, 0) is 4.79 Å². The van der Waals surface area contributed by atoms with E-state index in [1.54, 1.807) is 12.1 Å². The quantitative estimate of drug-likeness (QED) is 0.474. The van der Waals surface area contributed by atoms with E-state index >= 15 is 0 Å². The van der Waals surface area contributed by atoms with Gasteiger partial charge in [-0.05, 0) is 12.1 Å². The number of carboxylic acid groups (broad SMARTS) is 1. The van der Waals surface area contributed by atoms with Gasteiger partial charge in [0.25, 0.3) is 0 Å². The SMILES string of the molecule is C=C(C)[O-].CC(=O)Oc1ccccc1C(=O)O. The number of benzene rings is 1. The largest absolute Gasteiger partial charge is 0.876 e. The van der Waals surface area contributed by atoms with Gasteiger partial charge in [-0.15, -0.1) is 12.3 Å². The predicted molar refractivity (Wildman–Crippen MR) is 59.5 cm³/mol. The number of carbonyl (C=O) groups excluding carboxylic acids is 1. The summed E-state index contributed by atoms with van der Waals surface area (Å²) in [6.07, 6.45) is 0. The van der Waals surface area contributed by atoms with Crippen molar-refractivity contribution in [1.82, 2.24) is 0 Å². The van der Waals surface area contributed by atoms with Gasteiger partial charge in [0.2, 0.25) is 0 Å². The van der Waals surface area contributed by atoms with Crippen molar-refractivity contribution >= 4 is 11.9 Å². The number of hydrogen-bond donors (Lipinski definition) is 1. The summed E-state index contributed by atoms with van der Waals surface area (Å²) in [6, 6.07) is 5.98.